The highest BCUT2D eigenvalue weighted by Crippen LogP contribution is 2.20. The van der Waals surface area contributed by atoms with E-state index in [1.54, 1.807) is 13.1 Å². The van der Waals surface area contributed by atoms with Crippen molar-refractivity contribution in [2.24, 2.45) is 4.99 Å². The summed E-state index contributed by atoms with van der Waals surface area (Å²) in [5.41, 5.74) is 0.444. The minimum absolute atomic E-state index is 0.242. The third-order valence-electron chi connectivity index (χ3n) is 2.87. The average Bonchev–Trinajstić information content (AvgIpc) is 3.16. The second kappa shape index (κ2) is 6.21. The van der Waals surface area contributed by atoms with Crippen molar-refractivity contribution in [1.29, 1.82) is 0 Å². The van der Waals surface area contributed by atoms with Gasteiger partial charge < -0.3 is 15.7 Å². The summed E-state index contributed by atoms with van der Waals surface area (Å²) in [6, 6.07) is 4.51. The molecule has 0 bridgehead atoms. The number of halogens is 2. The SMILES string of the molecule is CN=C(NCC(O)c1cc(F)cc(Cl)c1)NC1CC1. The van der Waals surface area contributed by atoms with Gasteiger partial charge in [-0.2, -0.15) is 0 Å². The third kappa shape index (κ3) is 4.36. The van der Waals surface area contributed by atoms with Gasteiger partial charge >= 0.3 is 0 Å². The molecule has 1 aromatic rings. The van der Waals surface area contributed by atoms with Crippen LogP contribution in [0.5, 0.6) is 0 Å². The number of hydrogen-bond acceptors (Lipinski definition) is 2. The highest BCUT2D eigenvalue weighted by Gasteiger charge is 2.22. The number of nitrogens with zero attached hydrogens (tertiary/aromatic N) is 1. The molecule has 0 aliphatic heterocycles. The van der Waals surface area contributed by atoms with Crippen molar-refractivity contribution < 1.29 is 9.50 Å². The predicted octanol–water partition coefficient (Wildman–Crippen LogP) is 1.84. The Morgan fingerprint density at radius 1 is 1.53 bits per heavy atom. The Kier molecular flexibility index (Phi) is 4.61. The van der Waals surface area contributed by atoms with E-state index >= 15 is 0 Å². The minimum Gasteiger partial charge on any atom is -0.387 e. The number of aliphatic imine (C=N–C) groups is 1. The molecule has 104 valence electrons. The summed E-state index contributed by atoms with van der Waals surface area (Å²) in [4.78, 5) is 4.05. The van der Waals surface area contributed by atoms with Gasteiger partial charge in [0.15, 0.2) is 5.96 Å². The summed E-state index contributed by atoms with van der Waals surface area (Å²) in [5.74, 6) is 0.186. The molecule has 1 saturated carbocycles. The van der Waals surface area contributed by atoms with Gasteiger partial charge in [0.1, 0.15) is 5.82 Å². The molecular formula is C13H17ClFN3O. The molecule has 1 fully saturated rings. The Labute approximate surface area is 116 Å². The largest absolute Gasteiger partial charge is 0.387 e. The van der Waals surface area contributed by atoms with Crippen molar-refractivity contribution in [3.8, 4) is 0 Å². The molecule has 1 aliphatic rings. The highest BCUT2D eigenvalue weighted by atomic mass is 35.5. The third-order valence-corrected chi connectivity index (χ3v) is 3.09. The number of aliphatic hydroxyl groups excluding tert-OH is 1. The van der Waals surface area contributed by atoms with Crippen LogP contribution < -0.4 is 10.6 Å². The van der Waals surface area contributed by atoms with Crippen molar-refractivity contribution >= 4 is 17.6 Å². The Hall–Kier alpha value is -1.33. The smallest absolute Gasteiger partial charge is 0.191 e. The van der Waals surface area contributed by atoms with Crippen LogP contribution in [0.3, 0.4) is 0 Å². The van der Waals surface area contributed by atoms with Crippen LogP contribution in [0.15, 0.2) is 23.2 Å². The summed E-state index contributed by atoms with van der Waals surface area (Å²) in [5, 5.41) is 16.5. The molecule has 1 aliphatic carbocycles. The molecule has 0 amide bonds. The molecular weight excluding hydrogens is 269 g/mol. The minimum atomic E-state index is -0.842. The van der Waals surface area contributed by atoms with Crippen LogP contribution in [0.2, 0.25) is 5.02 Å². The standard InChI is InChI=1S/C13H17ClFN3O/c1-16-13(18-11-2-3-11)17-7-12(19)8-4-9(14)6-10(15)5-8/h4-6,11-12,19H,2-3,7H2,1H3,(H2,16,17,18). The normalized spacial score (nSPS) is 17.2. The van der Waals surface area contributed by atoms with Crippen LogP contribution in [0.4, 0.5) is 4.39 Å². The maximum Gasteiger partial charge on any atom is 0.191 e. The van der Waals surface area contributed by atoms with E-state index in [0.717, 1.165) is 12.8 Å². The summed E-state index contributed by atoms with van der Waals surface area (Å²) in [6.45, 7) is 0.242. The first-order valence-electron chi connectivity index (χ1n) is 6.19. The lowest BCUT2D eigenvalue weighted by atomic mass is 10.1. The van der Waals surface area contributed by atoms with Gasteiger partial charge in [-0.05, 0) is 36.6 Å². The van der Waals surface area contributed by atoms with Gasteiger partial charge in [-0.25, -0.2) is 4.39 Å². The average molecular weight is 286 g/mol. The van der Waals surface area contributed by atoms with E-state index in [1.165, 1.54) is 12.1 Å². The Bertz CT molecular complexity index is 457. The molecule has 1 aromatic carbocycles. The summed E-state index contributed by atoms with van der Waals surface area (Å²) < 4.78 is 13.2. The van der Waals surface area contributed by atoms with E-state index in [0.29, 0.717) is 17.6 Å². The lowest BCUT2D eigenvalue weighted by Gasteiger charge is -2.15. The van der Waals surface area contributed by atoms with Gasteiger partial charge in [-0.1, -0.05) is 11.6 Å². The van der Waals surface area contributed by atoms with Crippen molar-refractivity contribution in [2.75, 3.05) is 13.6 Å². The predicted molar refractivity (Wildman–Crippen MR) is 73.9 cm³/mol. The van der Waals surface area contributed by atoms with Crippen LogP contribution in [0.25, 0.3) is 0 Å². The number of nitrogens with one attached hydrogen (secondary N) is 2. The number of rotatable bonds is 4. The Morgan fingerprint density at radius 3 is 2.84 bits per heavy atom. The monoisotopic (exact) mass is 285 g/mol. The van der Waals surface area contributed by atoms with E-state index in [2.05, 4.69) is 15.6 Å². The number of hydrogen-bond donors (Lipinski definition) is 3. The molecule has 19 heavy (non-hydrogen) atoms. The summed E-state index contributed by atoms with van der Waals surface area (Å²) in [6.07, 6.45) is 1.44. The highest BCUT2D eigenvalue weighted by molar-refractivity contribution is 6.30. The second-order valence-corrected chi connectivity index (χ2v) is 5.03. The number of aliphatic hydroxyl groups is 1. The van der Waals surface area contributed by atoms with Crippen LogP contribution in [0, 0.1) is 5.82 Å². The molecule has 0 saturated heterocycles. The zero-order valence-corrected chi connectivity index (χ0v) is 11.4. The topological polar surface area (TPSA) is 56.7 Å². The van der Waals surface area contributed by atoms with Crippen molar-refractivity contribution in [3.63, 3.8) is 0 Å². The molecule has 0 heterocycles. The van der Waals surface area contributed by atoms with E-state index in [-0.39, 0.29) is 11.6 Å². The first-order valence-corrected chi connectivity index (χ1v) is 6.57. The maximum absolute atomic E-state index is 13.2. The molecule has 3 N–H and O–H groups in total. The molecule has 1 unspecified atom stereocenters. The fraction of sp³-hybridized carbons (Fsp3) is 0.462. The fourth-order valence-corrected chi connectivity index (χ4v) is 1.92. The van der Waals surface area contributed by atoms with Crippen molar-refractivity contribution in [3.05, 3.63) is 34.6 Å². The van der Waals surface area contributed by atoms with Crippen LogP contribution in [0.1, 0.15) is 24.5 Å². The second-order valence-electron chi connectivity index (χ2n) is 4.59. The molecule has 0 aromatic heterocycles. The Morgan fingerprint density at radius 2 is 2.26 bits per heavy atom. The summed E-state index contributed by atoms with van der Waals surface area (Å²) in [7, 11) is 1.67. The Balaban J connectivity index is 1.90. The molecule has 6 heteroatoms. The van der Waals surface area contributed by atoms with Gasteiger partial charge in [0.2, 0.25) is 0 Å². The van der Waals surface area contributed by atoms with E-state index < -0.39 is 11.9 Å². The molecule has 1 atom stereocenters. The van der Waals surface area contributed by atoms with E-state index in [9.17, 15) is 9.50 Å². The van der Waals surface area contributed by atoms with E-state index in [1.807, 2.05) is 0 Å². The number of benzene rings is 1. The van der Waals surface area contributed by atoms with Gasteiger partial charge in [-0.15, -0.1) is 0 Å². The van der Waals surface area contributed by atoms with Gasteiger partial charge in [0.05, 0.1) is 6.10 Å². The first-order chi connectivity index (χ1) is 9.08. The maximum atomic E-state index is 13.2. The fourth-order valence-electron chi connectivity index (χ4n) is 1.69. The van der Waals surface area contributed by atoms with E-state index in [4.69, 9.17) is 11.6 Å². The molecule has 0 spiro atoms. The van der Waals surface area contributed by atoms with Crippen LogP contribution >= 0.6 is 11.6 Å². The first kappa shape index (κ1) is 14.1. The molecule has 0 radical (unpaired) electrons. The number of guanidine groups is 1. The zero-order chi connectivity index (χ0) is 13.8. The zero-order valence-electron chi connectivity index (χ0n) is 10.7. The molecule has 4 nitrogen and oxygen atoms in total. The lowest BCUT2D eigenvalue weighted by Crippen LogP contribution is -2.40. The van der Waals surface area contributed by atoms with Crippen molar-refractivity contribution in [1.82, 2.24) is 10.6 Å². The quantitative estimate of drug-likeness (QED) is 0.584. The van der Waals surface area contributed by atoms with Gasteiger partial charge in [-0.3, -0.25) is 4.99 Å². The van der Waals surface area contributed by atoms with Crippen LogP contribution in [-0.4, -0.2) is 30.7 Å². The van der Waals surface area contributed by atoms with Crippen LogP contribution in [-0.2, 0) is 0 Å². The summed E-state index contributed by atoms with van der Waals surface area (Å²) >= 11 is 5.75. The molecule has 2 rings (SSSR count). The van der Waals surface area contributed by atoms with Gasteiger partial charge in [0, 0.05) is 24.7 Å². The lowest BCUT2D eigenvalue weighted by molar-refractivity contribution is 0.180. The van der Waals surface area contributed by atoms with Crippen molar-refractivity contribution in [2.45, 2.75) is 25.0 Å². The van der Waals surface area contributed by atoms with Gasteiger partial charge in [0.25, 0.3) is 0 Å².